The third-order valence-corrected chi connectivity index (χ3v) is 5.02. The van der Waals surface area contributed by atoms with Gasteiger partial charge >= 0.3 is 0 Å². The standard InChI is InChI=1S/C28H32N2O4/c1-2-3-4-10-19-32-25-15-17-26(18-16-25)33-20-21-34-27-14-9-8-13-24(27)22-29-30-28(31)23-11-6-5-7-12-23/h5-9,11-18,22H,2-4,10,19-21H2,1H3,(H,30,31)/b29-22+. The third-order valence-electron chi connectivity index (χ3n) is 5.02. The van der Waals surface area contributed by atoms with Crippen LogP contribution in [-0.2, 0) is 0 Å². The lowest BCUT2D eigenvalue weighted by Gasteiger charge is -2.11. The molecule has 178 valence electrons. The van der Waals surface area contributed by atoms with Crippen molar-refractivity contribution in [2.24, 2.45) is 5.10 Å². The number of para-hydroxylation sites is 1. The number of carbonyl (C=O) groups is 1. The monoisotopic (exact) mass is 460 g/mol. The fourth-order valence-corrected chi connectivity index (χ4v) is 3.20. The normalized spacial score (nSPS) is 10.7. The summed E-state index contributed by atoms with van der Waals surface area (Å²) < 4.78 is 17.4. The Bertz CT molecular complexity index is 1020. The number of rotatable bonds is 14. The van der Waals surface area contributed by atoms with E-state index < -0.39 is 0 Å². The summed E-state index contributed by atoms with van der Waals surface area (Å²) in [6, 6.07) is 24.1. The molecule has 34 heavy (non-hydrogen) atoms. The Kier molecular flexibility index (Phi) is 10.5. The average Bonchev–Trinajstić information content (AvgIpc) is 2.88. The Morgan fingerprint density at radius 2 is 1.41 bits per heavy atom. The SMILES string of the molecule is CCCCCCOc1ccc(OCCOc2ccccc2/C=N/NC(=O)c2ccccc2)cc1. The van der Waals surface area contributed by atoms with Crippen LogP contribution in [0.1, 0.15) is 48.5 Å². The Morgan fingerprint density at radius 3 is 2.15 bits per heavy atom. The van der Waals surface area contributed by atoms with Crippen molar-refractivity contribution in [1.82, 2.24) is 5.43 Å². The maximum absolute atomic E-state index is 12.1. The summed E-state index contributed by atoms with van der Waals surface area (Å²) in [6.07, 6.45) is 6.32. The molecular formula is C28H32N2O4. The zero-order valence-electron chi connectivity index (χ0n) is 19.6. The maximum atomic E-state index is 12.1. The zero-order valence-corrected chi connectivity index (χ0v) is 19.6. The summed E-state index contributed by atoms with van der Waals surface area (Å²) >= 11 is 0. The molecule has 0 aliphatic carbocycles. The number of nitrogens with zero attached hydrogens (tertiary/aromatic N) is 1. The Balaban J connectivity index is 1.40. The first kappa shape index (κ1) is 24.8. The highest BCUT2D eigenvalue weighted by Gasteiger charge is 2.04. The van der Waals surface area contributed by atoms with Gasteiger partial charge in [0, 0.05) is 11.1 Å². The summed E-state index contributed by atoms with van der Waals surface area (Å²) in [5.41, 5.74) is 3.84. The molecule has 1 N–H and O–H groups in total. The second-order valence-electron chi connectivity index (χ2n) is 7.68. The molecule has 0 atom stereocenters. The smallest absolute Gasteiger partial charge is 0.271 e. The fourth-order valence-electron chi connectivity index (χ4n) is 3.20. The van der Waals surface area contributed by atoms with Gasteiger partial charge in [0.1, 0.15) is 30.5 Å². The molecule has 0 aliphatic rings. The van der Waals surface area contributed by atoms with Crippen molar-refractivity contribution >= 4 is 12.1 Å². The van der Waals surface area contributed by atoms with E-state index in [0.29, 0.717) is 24.5 Å². The van der Waals surface area contributed by atoms with Crippen LogP contribution >= 0.6 is 0 Å². The van der Waals surface area contributed by atoms with E-state index in [1.807, 2.05) is 66.7 Å². The minimum absolute atomic E-state index is 0.267. The summed E-state index contributed by atoms with van der Waals surface area (Å²) in [5, 5.41) is 4.05. The number of hydrogen-bond donors (Lipinski definition) is 1. The Labute approximate surface area is 201 Å². The van der Waals surface area contributed by atoms with Crippen LogP contribution in [0, 0.1) is 0 Å². The second-order valence-corrected chi connectivity index (χ2v) is 7.68. The van der Waals surface area contributed by atoms with Gasteiger partial charge in [-0.2, -0.15) is 5.10 Å². The molecule has 0 spiro atoms. The second kappa shape index (κ2) is 14.4. The largest absolute Gasteiger partial charge is 0.494 e. The number of hydrogen-bond acceptors (Lipinski definition) is 5. The van der Waals surface area contributed by atoms with Crippen LogP contribution in [0.2, 0.25) is 0 Å². The topological polar surface area (TPSA) is 69.2 Å². The number of hydrazone groups is 1. The molecule has 6 heteroatoms. The van der Waals surface area contributed by atoms with Crippen LogP contribution in [0.5, 0.6) is 17.2 Å². The van der Waals surface area contributed by atoms with E-state index in [1.54, 1.807) is 18.3 Å². The van der Waals surface area contributed by atoms with Crippen molar-refractivity contribution in [2.45, 2.75) is 32.6 Å². The molecule has 3 aromatic rings. The van der Waals surface area contributed by atoms with Gasteiger partial charge in [-0.3, -0.25) is 4.79 Å². The minimum Gasteiger partial charge on any atom is -0.494 e. The molecule has 3 aromatic carbocycles. The van der Waals surface area contributed by atoms with Crippen LogP contribution in [0.25, 0.3) is 0 Å². The molecule has 6 nitrogen and oxygen atoms in total. The van der Waals surface area contributed by atoms with E-state index in [4.69, 9.17) is 14.2 Å². The number of carbonyl (C=O) groups excluding carboxylic acids is 1. The van der Waals surface area contributed by atoms with Crippen molar-refractivity contribution in [1.29, 1.82) is 0 Å². The number of unbranched alkanes of at least 4 members (excludes halogenated alkanes) is 3. The van der Waals surface area contributed by atoms with Crippen LogP contribution in [0.4, 0.5) is 0 Å². The molecule has 0 saturated heterocycles. The quantitative estimate of drug-likeness (QED) is 0.186. The van der Waals surface area contributed by atoms with Gasteiger partial charge in [-0.25, -0.2) is 5.43 Å². The Morgan fingerprint density at radius 1 is 0.765 bits per heavy atom. The molecule has 0 aromatic heterocycles. The first-order valence-electron chi connectivity index (χ1n) is 11.7. The third kappa shape index (κ3) is 8.62. The highest BCUT2D eigenvalue weighted by molar-refractivity contribution is 5.95. The molecular weight excluding hydrogens is 428 g/mol. The van der Waals surface area contributed by atoms with Crippen molar-refractivity contribution in [3.63, 3.8) is 0 Å². The van der Waals surface area contributed by atoms with Gasteiger partial charge in [0.25, 0.3) is 5.91 Å². The Hall–Kier alpha value is -3.80. The van der Waals surface area contributed by atoms with E-state index in [-0.39, 0.29) is 5.91 Å². The molecule has 0 heterocycles. The van der Waals surface area contributed by atoms with Crippen LogP contribution in [-0.4, -0.2) is 31.9 Å². The van der Waals surface area contributed by atoms with Gasteiger partial charge in [-0.1, -0.05) is 56.5 Å². The number of benzene rings is 3. The predicted octanol–water partition coefficient (Wildman–Crippen LogP) is 5.87. The van der Waals surface area contributed by atoms with Crippen molar-refractivity contribution in [3.8, 4) is 17.2 Å². The van der Waals surface area contributed by atoms with Gasteiger partial charge in [-0.05, 0) is 55.0 Å². The van der Waals surface area contributed by atoms with Gasteiger partial charge in [-0.15, -0.1) is 0 Å². The molecule has 0 bridgehead atoms. The van der Waals surface area contributed by atoms with Crippen molar-refractivity contribution in [2.75, 3.05) is 19.8 Å². The van der Waals surface area contributed by atoms with Crippen LogP contribution in [0.15, 0.2) is 84.0 Å². The lowest BCUT2D eigenvalue weighted by Crippen LogP contribution is -2.17. The van der Waals surface area contributed by atoms with Gasteiger partial charge in [0.15, 0.2) is 0 Å². The molecule has 0 saturated carbocycles. The van der Waals surface area contributed by atoms with Crippen LogP contribution in [0.3, 0.4) is 0 Å². The molecule has 0 radical (unpaired) electrons. The van der Waals surface area contributed by atoms with Crippen LogP contribution < -0.4 is 19.6 Å². The number of ether oxygens (including phenoxy) is 3. The van der Waals surface area contributed by atoms with Crippen molar-refractivity contribution < 1.29 is 19.0 Å². The minimum atomic E-state index is -0.267. The van der Waals surface area contributed by atoms with Gasteiger partial charge in [0.05, 0.1) is 12.8 Å². The average molecular weight is 461 g/mol. The highest BCUT2D eigenvalue weighted by atomic mass is 16.5. The number of nitrogens with one attached hydrogen (secondary N) is 1. The first-order valence-corrected chi connectivity index (χ1v) is 11.7. The summed E-state index contributed by atoms with van der Waals surface area (Å²) in [5.74, 6) is 2.01. The summed E-state index contributed by atoms with van der Waals surface area (Å²) in [6.45, 7) is 3.71. The summed E-state index contributed by atoms with van der Waals surface area (Å²) in [4.78, 5) is 12.1. The fraction of sp³-hybridized carbons (Fsp3) is 0.286. The molecule has 1 amide bonds. The van der Waals surface area contributed by atoms with E-state index in [2.05, 4.69) is 17.5 Å². The first-order chi connectivity index (χ1) is 16.8. The van der Waals surface area contributed by atoms with E-state index in [9.17, 15) is 4.79 Å². The molecule has 0 unspecified atom stereocenters. The lowest BCUT2D eigenvalue weighted by atomic mass is 10.2. The lowest BCUT2D eigenvalue weighted by molar-refractivity contribution is 0.0955. The van der Waals surface area contributed by atoms with Gasteiger partial charge in [0.2, 0.25) is 0 Å². The zero-order chi connectivity index (χ0) is 23.8. The van der Waals surface area contributed by atoms with E-state index >= 15 is 0 Å². The summed E-state index contributed by atoms with van der Waals surface area (Å²) in [7, 11) is 0. The van der Waals surface area contributed by atoms with E-state index in [0.717, 1.165) is 30.1 Å². The maximum Gasteiger partial charge on any atom is 0.271 e. The predicted molar refractivity (Wildman–Crippen MR) is 135 cm³/mol. The highest BCUT2D eigenvalue weighted by Crippen LogP contribution is 2.19. The number of amides is 1. The molecule has 0 aliphatic heterocycles. The molecule has 3 rings (SSSR count). The van der Waals surface area contributed by atoms with Crippen molar-refractivity contribution in [3.05, 3.63) is 90.0 Å². The van der Waals surface area contributed by atoms with E-state index in [1.165, 1.54) is 19.3 Å². The molecule has 0 fully saturated rings. The van der Waals surface area contributed by atoms with Gasteiger partial charge < -0.3 is 14.2 Å².